The molecule has 0 aromatic heterocycles. The van der Waals surface area contributed by atoms with Crippen molar-refractivity contribution in [1.82, 2.24) is 0 Å². The Bertz CT molecular complexity index is 264. The number of carbonyl (C=O) groups is 1. The monoisotopic (exact) mass is 178 g/mol. The van der Waals surface area contributed by atoms with Crippen LogP contribution in [-0.2, 0) is 4.79 Å². The van der Waals surface area contributed by atoms with Gasteiger partial charge in [0.2, 0.25) is 0 Å². The number of hydrogen-bond donors (Lipinski definition) is 0. The van der Waals surface area contributed by atoms with Crippen LogP contribution in [0.3, 0.4) is 0 Å². The molecule has 0 heterocycles. The molecule has 0 aromatic carbocycles. The number of ketones is 1. The van der Waals surface area contributed by atoms with Crippen molar-refractivity contribution >= 4 is 5.78 Å². The van der Waals surface area contributed by atoms with Crippen LogP contribution in [0.5, 0.6) is 0 Å². The van der Waals surface area contributed by atoms with Gasteiger partial charge in [-0.1, -0.05) is 32.9 Å². The lowest BCUT2D eigenvalue weighted by atomic mass is 9.46. The van der Waals surface area contributed by atoms with Crippen molar-refractivity contribution < 1.29 is 4.79 Å². The van der Waals surface area contributed by atoms with Crippen LogP contribution >= 0.6 is 0 Å². The van der Waals surface area contributed by atoms with Gasteiger partial charge in [0, 0.05) is 11.3 Å². The van der Waals surface area contributed by atoms with E-state index in [-0.39, 0.29) is 11.3 Å². The molecular weight excluding hydrogens is 160 g/mol. The molecule has 2 aliphatic carbocycles. The Balaban J connectivity index is 2.35. The van der Waals surface area contributed by atoms with Crippen LogP contribution in [0, 0.1) is 23.2 Å². The Morgan fingerprint density at radius 1 is 1.54 bits per heavy atom. The van der Waals surface area contributed by atoms with Gasteiger partial charge in [-0.2, -0.15) is 0 Å². The van der Waals surface area contributed by atoms with Gasteiger partial charge in [-0.3, -0.25) is 4.79 Å². The molecule has 0 aromatic rings. The Labute approximate surface area is 80.2 Å². The van der Waals surface area contributed by atoms with Crippen LogP contribution in [-0.4, -0.2) is 5.78 Å². The van der Waals surface area contributed by atoms with E-state index in [1.807, 2.05) is 0 Å². The Morgan fingerprint density at radius 3 is 2.77 bits per heavy atom. The van der Waals surface area contributed by atoms with E-state index in [0.29, 0.717) is 17.6 Å². The Hall–Kier alpha value is -0.590. The molecule has 2 rings (SSSR count). The van der Waals surface area contributed by atoms with Crippen LogP contribution < -0.4 is 0 Å². The first-order chi connectivity index (χ1) is 6.10. The van der Waals surface area contributed by atoms with Gasteiger partial charge >= 0.3 is 0 Å². The molecule has 0 amide bonds. The third kappa shape index (κ3) is 0.905. The van der Waals surface area contributed by atoms with E-state index in [0.717, 1.165) is 12.8 Å². The minimum absolute atomic E-state index is 0.0220. The molecule has 13 heavy (non-hydrogen) atoms. The van der Waals surface area contributed by atoms with E-state index in [1.54, 1.807) is 0 Å². The van der Waals surface area contributed by atoms with Crippen molar-refractivity contribution in [3.05, 3.63) is 12.2 Å². The Kier molecular flexibility index (Phi) is 1.86. The van der Waals surface area contributed by atoms with Crippen molar-refractivity contribution in [3.63, 3.8) is 0 Å². The normalized spacial score (nSPS) is 43.2. The first-order valence-electron chi connectivity index (χ1n) is 5.31. The Morgan fingerprint density at radius 2 is 2.23 bits per heavy atom. The van der Waals surface area contributed by atoms with Gasteiger partial charge < -0.3 is 0 Å². The van der Waals surface area contributed by atoms with Crippen molar-refractivity contribution in [2.45, 2.75) is 33.6 Å². The standard InChI is InChI=1S/C12H18O/c1-8(2)12-7-5-4-6-10(12)9(3)11(12)13/h4,6,8-10H,5,7H2,1-3H3. The maximum absolute atomic E-state index is 11.9. The number of carbonyl (C=O) groups excluding carboxylic acids is 1. The molecule has 72 valence electrons. The second-order valence-electron chi connectivity index (χ2n) is 4.84. The minimum Gasteiger partial charge on any atom is -0.299 e. The maximum Gasteiger partial charge on any atom is 0.143 e. The van der Waals surface area contributed by atoms with Crippen molar-refractivity contribution in [1.29, 1.82) is 0 Å². The molecule has 0 bridgehead atoms. The highest BCUT2D eigenvalue weighted by atomic mass is 16.1. The number of allylic oxidation sites excluding steroid dienone is 2. The molecule has 3 atom stereocenters. The molecule has 0 saturated heterocycles. The van der Waals surface area contributed by atoms with E-state index in [2.05, 4.69) is 32.9 Å². The molecule has 0 aliphatic heterocycles. The summed E-state index contributed by atoms with van der Waals surface area (Å²) in [7, 11) is 0. The number of Topliss-reactive ketones (excluding diaryl/α,β-unsaturated/α-hetero) is 1. The zero-order valence-electron chi connectivity index (χ0n) is 8.71. The lowest BCUT2D eigenvalue weighted by Crippen LogP contribution is -2.59. The fourth-order valence-electron chi connectivity index (χ4n) is 3.25. The summed E-state index contributed by atoms with van der Waals surface area (Å²) in [5, 5.41) is 0. The van der Waals surface area contributed by atoms with Crippen molar-refractivity contribution in [2.24, 2.45) is 23.2 Å². The summed E-state index contributed by atoms with van der Waals surface area (Å²) in [6, 6.07) is 0. The quantitative estimate of drug-likeness (QED) is 0.564. The lowest BCUT2D eigenvalue weighted by Gasteiger charge is -2.55. The largest absolute Gasteiger partial charge is 0.299 e. The van der Waals surface area contributed by atoms with Gasteiger partial charge in [0.15, 0.2) is 0 Å². The fourth-order valence-corrected chi connectivity index (χ4v) is 3.25. The van der Waals surface area contributed by atoms with E-state index in [4.69, 9.17) is 0 Å². The highest BCUT2D eigenvalue weighted by Gasteiger charge is 2.60. The first-order valence-corrected chi connectivity index (χ1v) is 5.31. The highest BCUT2D eigenvalue weighted by molar-refractivity contribution is 5.94. The number of fused-ring (bicyclic) bond motifs is 1. The summed E-state index contributed by atoms with van der Waals surface area (Å²) in [5.74, 6) is 1.83. The van der Waals surface area contributed by atoms with Gasteiger partial charge in [0.05, 0.1) is 0 Å². The van der Waals surface area contributed by atoms with Gasteiger partial charge in [-0.05, 0) is 24.7 Å². The van der Waals surface area contributed by atoms with E-state index in [1.165, 1.54) is 0 Å². The average molecular weight is 178 g/mol. The molecule has 2 aliphatic rings. The molecule has 1 fully saturated rings. The molecule has 1 nitrogen and oxygen atoms in total. The third-order valence-corrected chi connectivity index (χ3v) is 4.10. The average Bonchev–Trinajstić information content (AvgIpc) is 2.15. The summed E-state index contributed by atoms with van der Waals surface area (Å²) >= 11 is 0. The van der Waals surface area contributed by atoms with Crippen LogP contribution in [0.15, 0.2) is 12.2 Å². The topological polar surface area (TPSA) is 17.1 Å². The second kappa shape index (κ2) is 2.70. The molecule has 1 heteroatoms. The van der Waals surface area contributed by atoms with E-state index < -0.39 is 0 Å². The molecule has 0 N–H and O–H groups in total. The van der Waals surface area contributed by atoms with Gasteiger partial charge in [-0.25, -0.2) is 0 Å². The van der Waals surface area contributed by atoms with E-state index in [9.17, 15) is 4.79 Å². The molecule has 1 saturated carbocycles. The molecule has 3 unspecified atom stereocenters. The van der Waals surface area contributed by atoms with Crippen LogP contribution in [0.2, 0.25) is 0 Å². The summed E-state index contributed by atoms with van der Waals surface area (Å²) in [6.07, 6.45) is 6.69. The van der Waals surface area contributed by atoms with Crippen LogP contribution in [0.1, 0.15) is 33.6 Å². The van der Waals surface area contributed by atoms with E-state index >= 15 is 0 Å². The SMILES string of the molecule is CC1C(=O)C2(C(C)C)CCC=CC12. The highest BCUT2D eigenvalue weighted by Crippen LogP contribution is 2.57. The zero-order chi connectivity index (χ0) is 9.64. The maximum atomic E-state index is 11.9. The summed E-state index contributed by atoms with van der Waals surface area (Å²) in [6.45, 7) is 6.45. The number of hydrogen-bond acceptors (Lipinski definition) is 1. The third-order valence-electron chi connectivity index (χ3n) is 4.10. The smallest absolute Gasteiger partial charge is 0.143 e. The molecule has 0 spiro atoms. The first kappa shape index (κ1) is 8.98. The summed E-state index contributed by atoms with van der Waals surface area (Å²) < 4.78 is 0. The van der Waals surface area contributed by atoms with Crippen molar-refractivity contribution in [2.75, 3.05) is 0 Å². The number of rotatable bonds is 1. The molecule has 0 radical (unpaired) electrons. The van der Waals surface area contributed by atoms with Gasteiger partial charge in [0.25, 0.3) is 0 Å². The van der Waals surface area contributed by atoms with Gasteiger partial charge in [-0.15, -0.1) is 0 Å². The predicted molar refractivity (Wildman–Crippen MR) is 53.3 cm³/mol. The predicted octanol–water partition coefficient (Wildman–Crippen LogP) is 2.81. The van der Waals surface area contributed by atoms with Crippen LogP contribution in [0.4, 0.5) is 0 Å². The lowest BCUT2D eigenvalue weighted by molar-refractivity contribution is -0.159. The molecular formula is C12H18O. The van der Waals surface area contributed by atoms with Crippen molar-refractivity contribution in [3.8, 4) is 0 Å². The second-order valence-corrected chi connectivity index (χ2v) is 4.84. The minimum atomic E-state index is 0.0220. The summed E-state index contributed by atoms with van der Waals surface area (Å²) in [4.78, 5) is 11.9. The van der Waals surface area contributed by atoms with Gasteiger partial charge in [0.1, 0.15) is 5.78 Å². The fraction of sp³-hybridized carbons (Fsp3) is 0.750. The zero-order valence-corrected chi connectivity index (χ0v) is 8.71. The van der Waals surface area contributed by atoms with Crippen LogP contribution in [0.25, 0.3) is 0 Å². The summed E-state index contributed by atoms with van der Waals surface area (Å²) in [5.41, 5.74) is 0.0220.